The summed E-state index contributed by atoms with van der Waals surface area (Å²) in [4.78, 5) is 73.3. The van der Waals surface area contributed by atoms with Gasteiger partial charge < -0.3 is 33.8 Å². The molecule has 0 aromatic heterocycles. The van der Waals surface area contributed by atoms with Gasteiger partial charge >= 0.3 is 39.5 Å². The van der Waals surface area contributed by atoms with Crippen molar-refractivity contribution in [1.82, 2.24) is 0 Å². The topological polar surface area (TPSA) is 237 Å². The number of carbonyl (C=O) groups is 4. The number of phosphoric acid groups is 2. The predicted octanol–water partition coefficient (Wildman–Crippen LogP) is 26.9. The van der Waals surface area contributed by atoms with Gasteiger partial charge in [-0.25, -0.2) is 9.13 Å². The van der Waals surface area contributed by atoms with Gasteiger partial charge in [-0.1, -0.05) is 426 Å². The SMILES string of the molecule is CCCCCCCCCCCCCCCCCCCC(=O)OC[C@H](COP(=O)(O)OC[C@H](O)COP(=O)(O)OC[C@@H](COC(=O)CCCCCCCCCCCCCCCCC)OC(=O)CCCCCCCCCCCCCCCCCCC)OC(=O)CCCCCCCCCCCCCCCCCCC. The zero-order valence-electron chi connectivity index (χ0n) is 69.4. The van der Waals surface area contributed by atoms with Gasteiger partial charge in [0.2, 0.25) is 0 Å². The van der Waals surface area contributed by atoms with E-state index in [2.05, 4.69) is 27.7 Å². The third kappa shape index (κ3) is 80.1. The molecular formula is C87H170O17P2. The molecule has 0 fully saturated rings. The maximum Gasteiger partial charge on any atom is 0.472 e. The second kappa shape index (κ2) is 81.1. The van der Waals surface area contributed by atoms with E-state index in [9.17, 15) is 43.2 Å². The summed E-state index contributed by atoms with van der Waals surface area (Å²) in [7, 11) is -9.93. The molecule has 0 radical (unpaired) electrons. The summed E-state index contributed by atoms with van der Waals surface area (Å²) in [6.07, 6.45) is 76.2. The molecule has 0 saturated carbocycles. The molecular weight excluding hydrogens is 1380 g/mol. The van der Waals surface area contributed by atoms with Crippen molar-refractivity contribution in [3.63, 3.8) is 0 Å². The molecule has 0 rings (SSSR count). The maximum absolute atomic E-state index is 13.2. The molecule has 0 aliphatic heterocycles. The van der Waals surface area contributed by atoms with Crippen molar-refractivity contribution >= 4 is 39.5 Å². The summed E-state index contributed by atoms with van der Waals surface area (Å²) in [6, 6.07) is 0. The molecule has 3 N–H and O–H groups in total. The number of hydrogen-bond acceptors (Lipinski definition) is 15. The first-order valence-electron chi connectivity index (χ1n) is 45.3. The third-order valence-electron chi connectivity index (χ3n) is 20.6. The Bertz CT molecular complexity index is 2000. The molecule has 5 atom stereocenters. The molecule has 0 heterocycles. The average molecular weight is 1550 g/mol. The highest BCUT2D eigenvalue weighted by molar-refractivity contribution is 7.47. The Balaban J connectivity index is 5.27. The number of hydrogen-bond donors (Lipinski definition) is 3. The van der Waals surface area contributed by atoms with Gasteiger partial charge in [0.1, 0.15) is 19.3 Å². The van der Waals surface area contributed by atoms with Crippen LogP contribution in [-0.2, 0) is 65.4 Å². The number of aliphatic hydroxyl groups excluding tert-OH is 1. The summed E-state index contributed by atoms with van der Waals surface area (Å²) in [6.45, 7) is 5.08. The summed E-state index contributed by atoms with van der Waals surface area (Å²) in [5.41, 5.74) is 0. The molecule has 19 heteroatoms. The van der Waals surface area contributed by atoms with Gasteiger partial charge in [0.15, 0.2) is 12.2 Å². The first kappa shape index (κ1) is 104. The molecule has 0 amide bonds. The van der Waals surface area contributed by atoms with E-state index in [1.165, 1.54) is 308 Å². The van der Waals surface area contributed by atoms with E-state index in [0.717, 1.165) is 89.9 Å². The molecule has 106 heavy (non-hydrogen) atoms. The Morgan fingerprint density at radius 1 is 0.226 bits per heavy atom. The second-order valence-corrected chi connectivity index (χ2v) is 34.2. The average Bonchev–Trinajstić information content (AvgIpc) is 0.905. The van der Waals surface area contributed by atoms with Crippen LogP contribution in [0.25, 0.3) is 0 Å². The van der Waals surface area contributed by atoms with Crippen LogP contribution in [0.3, 0.4) is 0 Å². The first-order chi connectivity index (χ1) is 51.7. The number of ether oxygens (including phenoxy) is 4. The van der Waals surface area contributed by atoms with Gasteiger partial charge in [-0.3, -0.25) is 37.3 Å². The Labute approximate surface area is 651 Å². The van der Waals surface area contributed by atoms with Gasteiger partial charge in [-0.2, -0.15) is 0 Å². The molecule has 0 bridgehead atoms. The lowest BCUT2D eigenvalue weighted by Crippen LogP contribution is -2.30. The summed E-state index contributed by atoms with van der Waals surface area (Å²) in [5.74, 6) is -2.09. The molecule has 0 aliphatic rings. The second-order valence-electron chi connectivity index (χ2n) is 31.3. The van der Waals surface area contributed by atoms with Crippen molar-refractivity contribution in [3.05, 3.63) is 0 Å². The normalized spacial score (nSPS) is 13.7. The molecule has 0 aliphatic carbocycles. The quantitative estimate of drug-likeness (QED) is 0.0222. The number of phosphoric ester groups is 2. The fraction of sp³-hybridized carbons (Fsp3) is 0.954. The molecule has 0 spiro atoms. The molecule has 630 valence electrons. The number of aliphatic hydroxyl groups is 1. The fourth-order valence-corrected chi connectivity index (χ4v) is 15.3. The number of rotatable bonds is 88. The van der Waals surface area contributed by atoms with Gasteiger partial charge in [-0.15, -0.1) is 0 Å². The number of unbranched alkanes of at least 4 members (excludes halogenated alkanes) is 62. The van der Waals surface area contributed by atoms with Gasteiger partial charge in [0, 0.05) is 25.7 Å². The van der Waals surface area contributed by atoms with Crippen LogP contribution in [0.2, 0.25) is 0 Å². The molecule has 0 aromatic carbocycles. The summed E-state index contributed by atoms with van der Waals surface area (Å²) >= 11 is 0. The minimum absolute atomic E-state index is 0.110. The Morgan fingerprint density at radius 2 is 0.377 bits per heavy atom. The van der Waals surface area contributed by atoms with Gasteiger partial charge in [-0.05, 0) is 25.7 Å². The van der Waals surface area contributed by atoms with Crippen LogP contribution in [0.1, 0.15) is 477 Å². The highest BCUT2D eigenvalue weighted by Crippen LogP contribution is 2.45. The predicted molar refractivity (Wildman–Crippen MR) is 437 cm³/mol. The zero-order valence-corrected chi connectivity index (χ0v) is 71.2. The van der Waals surface area contributed by atoms with Crippen LogP contribution in [0.4, 0.5) is 0 Å². The van der Waals surface area contributed by atoms with Crippen LogP contribution in [0, 0.1) is 0 Å². The van der Waals surface area contributed by atoms with E-state index in [-0.39, 0.29) is 25.7 Å². The maximum atomic E-state index is 13.2. The van der Waals surface area contributed by atoms with E-state index < -0.39 is 97.5 Å². The van der Waals surface area contributed by atoms with Crippen molar-refractivity contribution < 1.29 is 80.2 Å². The monoisotopic (exact) mass is 1550 g/mol. The minimum Gasteiger partial charge on any atom is -0.462 e. The number of carbonyl (C=O) groups excluding carboxylic acids is 4. The van der Waals surface area contributed by atoms with Crippen LogP contribution in [-0.4, -0.2) is 96.7 Å². The molecule has 17 nitrogen and oxygen atoms in total. The fourth-order valence-electron chi connectivity index (χ4n) is 13.7. The number of esters is 4. The lowest BCUT2D eigenvalue weighted by molar-refractivity contribution is -0.161. The minimum atomic E-state index is -4.97. The molecule has 0 saturated heterocycles. The van der Waals surface area contributed by atoms with Gasteiger partial charge in [0.05, 0.1) is 26.4 Å². The Morgan fingerprint density at radius 3 is 0.557 bits per heavy atom. The van der Waals surface area contributed by atoms with Crippen molar-refractivity contribution in [2.75, 3.05) is 39.6 Å². The van der Waals surface area contributed by atoms with Crippen LogP contribution in [0.15, 0.2) is 0 Å². The molecule has 2 unspecified atom stereocenters. The van der Waals surface area contributed by atoms with E-state index in [1.807, 2.05) is 0 Å². The van der Waals surface area contributed by atoms with Crippen LogP contribution in [0.5, 0.6) is 0 Å². The highest BCUT2D eigenvalue weighted by Gasteiger charge is 2.30. The Kier molecular flexibility index (Phi) is 79.6. The molecule has 0 aromatic rings. The van der Waals surface area contributed by atoms with E-state index in [1.54, 1.807) is 0 Å². The van der Waals surface area contributed by atoms with Crippen LogP contribution >= 0.6 is 15.6 Å². The van der Waals surface area contributed by atoms with E-state index in [0.29, 0.717) is 25.7 Å². The van der Waals surface area contributed by atoms with E-state index >= 15 is 0 Å². The van der Waals surface area contributed by atoms with Crippen molar-refractivity contribution in [2.45, 2.75) is 495 Å². The zero-order chi connectivity index (χ0) is 77.4. The summed E-state index contributed by atoms with van der Waals surface area (Å²) < 4.78 is 69.0. The standard InChI is InChI=1S/C87H170O17P2/c1-5-9-13-17-21-25-29-33-37-40-44-48-52-56-60-64-68-72-85(90)98-78-83(104-87(92)74-70-66-62-58-54-50-46-42-39-35-31-27-23-19-15-11-7-3)80-102-106(95,96)100-76-81(88)75-99-105(93,94)101-79-82(77-97-84(89)71-67-63-59-55-51-47-43-36-32-28-24-20-16-12-8-4)103-86(91)73-69-65-61-57-53-49-45-41-38-34-30-26-22-18-14-10-6-2/h81-83,88H,5-80H2,1-4H3,(H,93,94)(H,95,96)/t81-,82-,83-/m1/s1. The van der Waals surface area contributed by atoms with Gasteiger partial charge in [0.25, 0.3) is 0 Å². The Hall–Kier alpha value is -1.94. The van der Waals surface area contributed by atoms with E-state index in [4.69, 9.17) is 37.0 Å². The first-order valence-corrected chi connectivity index (χ1v) is 48.3. The lowest BCUT2D eigenvalue weighted by Gasteiger charge is -2.21. The third-order valence-corrected chi connectivity index (χ3v) is 22.5. The van der Waals surface area contributed by atoms with Crippen LogP contribution < -0.4 is 0 Å². The highest BCUT2D eigenvalue weighted by atomic mass is 31.2. The lowest BCUT2D eigenvalue weighted by atomic mass is 10.0. The van der Waals surface area contributed by atoms with Crippen molar-refractivity contribution in [1.29, 1.82) is 0 Å². The van der Waals surface area contributed by atoms with Crippen molar-refractivity contribution in [2.24, 2.45) is 0 Å². The largest absolute Gasteiger partial charge is 0.472 e. The van der Waals surface area contributed by atoms with Crippen molar-refractivity contribution in [3.8, 4) is 0 Å². The smallest absolute Gasteiger partial charge is 0.462 e. The summed E-state index contributed by atoms with van der Waals surface area (Å²) in [5, 5.41) is 10.7.